The molecule has 0 aliphatic heterocycles. The first-order chi connectivity index (χ1) is 10.1. The topological polar surface area (TPSA) is 68.0 Å². The molecule has 0 aliphatic rings. The van der Waals surface area contributed by atoms with Gasteiger partial charge in [-0.15, -0.1) is 10.2 Å². The summed E-state index contributed by atoms with van der Waals surface area (Å²) in [7, 11) is 0. The molecule has 1 aromatic heterocycles. The maximum atomic E-state index is 11.7. The third kappa shape index (κ3) is 4.60. The van der Waals surface area contributed by atoms with Crippen molar-refractivity contribution in [3.8, 4) is 11.5 Å². The molecule has 0 saturated heterocycles. The van der Waals surface area contributed by atoms with Crippen molar-refractivity contribution in [1.29, 1.82) is 0 Å². The fourth-order valence-corrected chi connectivity index (χ4v) is 2.20. The molecule has 0 spiro atoms. The van der Waals surface area contributed by atoms with E-state index < -0.39 is 0 Å². The lowest BCUT2D eigenvalue weighted by molar-refractivity contribution is -0.119. The fourth-order valence-electron chi connectivity index (χ4n) is 1.63. The molecule has 0 saturated carbocycles. The Morgan fingerprint density at radius 2 is 2.05 bits per heavy atom. The first-order valence-electron chi connectivity index (χ1n) is 6.91. The second kappa shape index (κ2) is 7.26. The molecule has 0 unspecified atom stereocenters. The minimum atomic E-state index is -0.0237. The van der Waals surface area contributed by atoms with Crippen LogP contribution in [0.2, 0.25) is 0 Å². The van der Waals surface area contributed by atoms with Gasteiger partial charge in [-0.2, -0.15) is 0 Å². The SMILES string of the molecule is CC[C@@H](C)NC(=O)CSc1nnc(-c2ccc(C)cc2)o1. The number of thioether (sulfide) groups is 1. The molecule has 0 fully saturated rings. The van der Waals surface area contributed by atoms with Crippen molar-refractivity contribution in [2.45, 2.75) is 38.5 Å². The number of nitrogens with one attached hydrogen (secondary N) is 1. The van der Waals surface area contributed by atoms with Crippen molar-refractivity contribution < 1.29 is 9.21 Å². The van der Waals surface area contributed by atoms with E-state index in [1.165, 1.54) is 17.3 Å². The van der Waals surface area contributed by atoms with Crippen molar-refractivity contribution in [1.82, 2.24) is 15.5 Å². The molecule has 1 heterocycles. The van der Waals surface area contributed by atoms with Gasteiger partial charge in [-0.3, -0.25) is 4.79 Å². The second-order valence-corrected chi connectivity index (χ2v) is 5.83. The number of rotatable bonds is 6. The highest BCUT2D eigenvalue weighted by Crippen LogP contribution is 2.23. The minimum Gasteiger partial charge on any atom is -0.411 e. The zero-order valence-electron chi connectivity index (χ0n) is 12.4. The third-order valence-electron chi connectivity index (χ3n) is 3.05. The quantitative estimate of drug-likeness (QED) is 0.831. The summed E-state index contributed by atoms with van der Waals surface area (Å²) in [5.41, 5.74) is 2.05. The summed E-state index contributed by atoms with van der Waals surface area (Å²) in [4.78, 5) is 11.7. The minimum absolute atomic E-state index is 0.0237. The maximum absolute atomic E-state index is 11.7. The Hall–Kier alpha value is -1.82. The lowest BCUT2D eigenvalue weighted by Gasteiger charge is -2.09. The van der Waals surface area contributed by atoms with Crippen LogP contribution in [0.1, 0.15) is 25.8 Å². The molecule has 1 amide bonds. The van der Waals surface area contributed by atoms with Crippen LogP contribution in [0.15, 0.2) is 33.9 Å². The maximum Gasteiger partial charge on any atom is 0.277 e. The number of benzene rings is 1. The van der Waals surface area contributed by atoms with Gasteiger partial charge in [0.15, 0.2) is 0 Å². The fraction of sp³-hybridized carbons (Fsp3) is 0.400. The summed E-state index contributed by atoms with van der Waals surface area (Å²) < 4.78 is 5.55. The van der Waals surface area contributed by atoms with E-state index in [1.54, 1.807) is 0 Å². The van der Waals surface area contributed by atoms with Crippen LogP contribution in [0.4, 0.5) is 0 Å². The Labute approximate surface area is 128 Å². The van der Waals surface area contributed by atoms with Crippen LogP contribution in [0.5, 0.6) is 0 Å². The first-order valence-corrected chi connectivity index (χ1v) is 7.89. The monoisotopic (exact) mass is 305 g/mol. The van der Waals surface area contributed by atoms with Crippen LogP contribution in [0, 0.1) is 6.92 Å². The van der Waals surface area contributed by atoms with Gasteiger partial charge in [-0.1, -0.05) is 36.4 Å². The third-order valence-corrected chi connectivity index (χ3v) is 3.87. The second-order valence-electron chi connectivity index (χ2n) is 4.90. The van der Waals surface area contributed by atoms with Gasteiger partial charge in [0.05, 0.1) is 5.75 Å². The molecule has 112 valence electrons. The van der Waals surface area contributed by atoms with Gasteiger partial charge in [0, 0.05) is 11.6 Å². The predicted octanol–water partition coefficient (Wildman–Crippen LogP) is 3.05. The molecule has 6 heteroatoms. The molecule has 1 N–H and O–H groups in total. The van der Waals surface area contributed by atoms with Gasteiger partial charge in [0.1, 0.15) is 0 Å². The predicted molar refractivity (Wildman–Crippen MR) is 83.1 cm³/mol. The summed E-state index contributed by atoms with van der Waals surface area (Å²) in [6.45, 7) is 6.03. The zero-order valence-corrected chi connectivity index (χ0v) is 13.2. The van der Waals surface area contributed by atoms with E-state index in [2.05, 4.69) is 15.5 Å². The van der Waals surface area contributed by atoms with Crippen molar-refractivity contribution in [2.75, 3.05) is 5.75 Å². The standard InChI is InChI=1S/C15H19N3O2S/c1-4-11(3)16-13(19)9-21-15-18-17-14(20-15)12-7-5-10(2)6-8-12/h5-8,11H,4,9H2,1-3H3,(H,16,19)/t11-/m1/s1. The van der Waals surface area contributed by atoms with Crippen LogP contribution >= 0.6 is 11.8 Å². The average molecular weight is 305 g/mol. The Kier molecular flexibility index (Phi) is 5.38. The largest absolute Gasteiger partial charge is 0.411 e. The van der Waals surface area contributed by atoms with Gasteiger partial charge >= 0.3 is 0 Å². The Balaban J connectivity index is 1.91. The van der Waals surface area contributed by atoms with E-state index in [0.29, 0.717) is 11.1 Å². The van der Waals surface area contributed by atoms with Gasteiger partial charge in [0.25, 0.3) is 5.22 Å². The van der Waals surface area contributed by atoms with Crippen LogP contribution in [0.3, 0.4) is 0 Å². The van der Waals surface area contributed by atoms with Crippen molar-refractivity contribution >= 4 is 17.7 Å². The number of hydrogen-bond donors (Lipinski definition) is 1. The van der Waals surface area contributed by atoms with Gasteiger partial charge in [0.2, 0.25) is 11.8 Å². The summed E-state index contributed by atoms with van der Waals surface area (Å²) in [5.74, 6) is 0.726. The average Bonchev–Trinajstić information content (AvgIpc) is 2.94. The molecular weight excluding hydrogens is 286 g/mol. The molecule has 21 heavy (non-hydrogen) atoms. The van der Waals surface area contributed by atoms with Gasteiger partial charge in [-0.05, 0) is 32.4 Å². The number of aryl methyl sites for hydroxylation is 1. The Morgan fingerprint density at radius 3 is 2.71 bits per heavy atom. The summed E-state index contributed by atoms with van der Waals surface area (Å²) in [5, 5.41) is 11.3. The zero-order chi connectivity index (χ0) is 15.2. The van der Waals surface area contributed by atoms with Crippen molar-refractivity contribution in [3.63, 3.8) is 0 Å². The summed E-state index contributed by atoms with van der Waals surface area (Å²) >= 11 is 1.25. The smallest absolute Gasteiger partial charge is 0.277 e. The summed E-state index contributed by atoms with van der Waals surface area (Å²) in [6.07, 6.45) is 0.911. The van der Waals surface area contributed by atoms with Crippen LogP contribution < -0.4 is 5.32 Å². The number of hydrogen-bond acceptors (Lipinski definition) is 5. The number of carbonyl (C=O) groups excluding carboxylic acids is 1. The molecule has 0 radical (unpaired) electrons. The highest BCUT2D eigenvalue weighted by molar-refractivity contribution is 7.99. The number of aromatic nitrogens is 2. The number of amides is 1. The molecule has 0 aliphatic carbocycles. The molecule has 2 aromatic rings. The van der Waals surface area contributed by atoms with E-state index in [-0.39, 0.29) is 17.7 Å². The lowest BCUT2D eigenvalue weighted by Crippen LogP contribution is -2.33. The highest BCUT2D eigenvalue weighted by atomic mass is 32.2. The summed E-state index contributed by atoms with van der Waals surface area (Å²) in [6, 6.07) is 8.04. The number of nitrogens with zero attached hydrogens (tertiary/aromatic N) is 2. The molecular formula is C15H19N3O2S. The van der Waals surface area contributed by atoms with Gasteiger partial charge in [-0.25, -0.2) is 0 Å². The lowest BCUT2D eigenvalue weighted by atomic mass is 10.1. The molecule has 0 bridgehead atoms. The van der Waals surface area contributed by atoms with E-state index in [4.69, 9.17) is 4.42 Å². The van der Waals surface area contributed by atoms with E-state index in [1.807, 2.05) is 45.0 Å². The molecule has 1 atom stereocenters. The van der Waals surface area contributed by atoms with Crippen LogP contribution in [0.25, 0.3) is 11.5 Å². The first kappa shape index (κ1) is 15.6. The molecule has 2 rings (SSSR count). The Morgan fingerprint density at radius 1 is 1.33 bits per heavy atom. The van der Waals surface area contributed by atoms with Crippen LogP contribution in [-0.2, 0) is 4.79 Å². The highest BCUT2D eigenvalue weighted by Gasteiger charge is 2.12. The normalized spacial score (nSPS) is 12.1. The van der Waals surface area contributed by atoms with Gasteiger partial charge < -0.3 is 9.73 Å². The Bertz CT molecular complexity index is 595. The van der Waals surface area contributed by atoms with Crippen molar-refractivity contribution in [2.24, 2.45) is 0 Å². The van der Waals surface area contributed by atoms with Crippen LogP contribution in [-0.4, -0.2) is 27.9 Å². The van der Waals surface area contributed by atoms with E-state index in [0.717, 1.165) is 12.0 Å². The molecule has 5 nitrogen and oxygen atoms in total. The number of carbonyl (C=O) groups is 1. The molecule has 1 aromatic carbocycles. The van der Waals surface area contributed by atoms with E-state index >= 15 is 0 Å². The van der Waals surface area contributed by atoms with Crippen molar-refractivity contribution in [3.05, 3.63) is 29.8 Å². The van der Waals surface area contributed by atoms with E-state index in [9.17, 15) is 4.79 Å².